The van der Waals surface area contributed by atoms with E-state index in [9.17, 15) is 8.78 Å². The fraction of sp³-hybridized carbons (Fsp3) is 0.294. The quantitative estimate of drug-likeness (QED) is 0.901. The summed E-state index contributed by atoms with van der Waals surface area (Å²) in [6.45, 7) is 0.474. The van der Waals surface area contributed by atoms with Crippen LogP contribution in [0.1, 0.15) is 18.4 Å². The molecule has 2 aromatic carbocycles. The molecule has 1 aliphatic rings. The van der Waals surface area contributed by atoms with Crippen LogP contribution in [-0.2, 0) is 6.54 Å². The number of ether oxygens (including phenoxy) is 1. The highest BCUT2D eigenvalue weighted by Gasteiger charge is 2.20. The van der Waals surface area contributed by atoms with Crippen molar-refractivity contribution in [1.82, 2.24) is 5.32 Å². The van der Waals surface area contributed by atoms with Gasteiger partial charge in [-0.05, 0) is 42.7 Å². The second kappa shape index (κ2) is 5.82. The Morgan fingerprint density at radius 1 is 1.10 bits per heavy atom. The van der Waals surface area contributed by atoms with Gasteiger partial charge in [-0.1, -0.05) is 6.07 Å². The van der Waals surface area contributed by atoms with Crippen LogP contribution < -0.4 is 10.1 Å². The van der Waals surface area contributed by atoms with Crippen LogP contribution in [0.3, 0.4) is 0 Å². The molecule has 0 atom stereocenters. The maximum absolute atomic E-state index is 14.1. The van der Waals surface area contributed by atoms with Gasteiger partial charge in [0.15, 0.2) is 0 Å². The van der Waals surface area contributed by atoms with Crippen LogP contribution in [0.25, 0.3) is 11.1 Å². The molecule has 0 aliphatic heterocycles. The van der Waals surface area contributed by atoms with Gasteiger partial charge in [0, 0.05) is 29.8 Å². The van der Waals surface area contributed by atoms with E-state index in [-0.39, 0.29) is 11.6 Å². The third kappa shape index (κ3) is 3.22. The zero-order chi connectivity index (χ0) is 14.8. The largest absolute Gasteiger partial charge is 0.497 e. The molecule has 0 unspecified atom stereocenters. The van der Waals surface area contributed by atoms with Crippen molar-refractivity contribution in [3.8, 4) is 16.9 Å². The first kappa shape index (κ1) is 14.0. The predicted octanol–water partition coefficient (Wildman–Crippen LogP) is 3.89. The Morgan fingerprint density at radius 2 is 1.90 bits per heavy atom. The van der Waals surface area contributed by atoms with Crippen LogP contribution in [0.4, 0.5) is 8.78 Å². The van der Waals surface area contributed by atoms with E-state index in [2.05, 4.69) is 5.32 Å². The average Bonchev–Trinajstić information content (AvgIpc) is 3.31. The Bertz CT molecular complexity index is 653. The molecule has 21 heavy (non-hydrogen) atoms. The summed E-state index contributed by atoms with van der Waals surface area (Å²) in [5.74, 6) is -0.170. The molecule has 1 saturated carbocycles. The molecule has 1 aliphatic carbocycles. The molecule has 0 heterocycles. The van der Waals surface area contributed by atoms with E-state index >= 15 is 0 Å². The molecule has 1 N–H and O–H groups in total. The maximum Gasteiger partial charge on any atom is 0.134 e. The van der Waals surface area contributed by atoms with E-state index in [1.165, 1.54) is 19.2 Å². The number of hydrogen-bond donors (Lipinski definition) is 1. The van der Waals surface area contributed by atoms with E-state index < -0.39 is 0 Å². The van der Waals surface area contributed by atoms with Crippen molar-refractivity contribution in [2.24, 2.45) is 0 Å². The second-order valence-corrected chi connectivity index (χ2v) is 5.31. The van der Waals surface area contributed by atoms with Crippen LogP contribution in [-0.4, -0.2) is 13.2 Å². The monoisotopic (exact) mass is 289 g/mol. The molecule has 2 aromatic rings. The van der Waals surface area contributed by atoms with Crippen molar-refractivity contribution in [3.05, 3.63) is 53.6 Å². The van der Waals surface area contributed by atoms with E-state index in [4.69, 9.17) is 4.74 Å². The number of benzene rings is 2. The highest BCUT2D eigenvalue weighted by atomic mass is 19.1. The van der Waals surface area contributed by atoms with Crippen molar-refractivity contribution < 1.29 is 13.5 Å². The van der Waals surface area contributed by atoms with Gasteiger partial charge in [0.1, 0.15) is 17.4 Å². The van der Waals surface area contributed by atoms with Gasteiger partial charge in [-0.2, -0.15) is 0 Å². The minimum atomic E-state index is -0.373. The summed E-state index contributed by atoms with van der Waals surface area (Å²) >= 11 is 0. The lowest BCUT2D eigenvalue weighted by molar-refractivity contribution is 0.411. The third-order valence-corrected chi connectivity index (χ3v) is 3.69. The first-order valence-electron chi connectivity index (χ1n) is 7.03. The smallest absolute Gasteiger partial charge is 0.134 e. The normalized spacial score (nSPS) is 14.2. The lowest BCUT2D eigenvalue weighted by Gasteiger charge is -2.10. The summed E-state index contributed by atoms with van der Waals surface area (Å²) in [6, 6.07) is 9.88. The second-order valence-electron chi connectivity index (χ2n) is 5.31. The van der Waals surface area contributed by atoms with Crippen molar-refractivity contribution in [3.63, 3.8) is 0 Å². The SMILES string of the molecule is COc1ccc(-c2ccc(F)c(CNC3CC3)c2)c(F)c1. The number of methoxy groups -OCH3 is 1. The number of hydrogen-bond acceptors (Lipinski definition) is 2. The molecule has 0 saturated heterocycles. The Balaban J connectivity index is 1.88. The highest BCUT2D eigenvalue weighted by Crippen LogP contribution is 2.28. The van der Waals surface area contributed by atoms with Crippen LogP contribution in [0, 0.1) is 11.6 Å². The zero-order valence-corrected chi connectivity index (χ0v) is 11.8. The molecule has 1 fully saturated rings. The number of rotatable bonds is 5. The summed E-state index contributed by atoms with van der Waals surface area (Å²) < 4.78 is 32.9. The first-order valence-corrected chi connectivity index (χ1v) is 7.03. The summed E-state index contributed by atoms with van der Waals surface area (Å²) in [4.78, 5) is 0. The predicted molar refractivity (Wildman–Crippen MR) is 78.2 cm³/mol. The Hall–Kier alpha value is -1.94. The van der Waals surface area contributed by atoms with Gasteiger partial charge >= 0.3 is 0 Å². The summed E-state index contributed by atoms with van der Waals surface area (Å²) in [5, 5.41) is 3.27. The van der Waals surface area contributed by atoms with E-state index in [1.807, 2.05) is 0 Å². The Morgan fingerprint density at radius 3 is 2.57 bits per heavy atom. The molecule has 0 aromatic heterocycles. The molecule has 2 nitrogen and oxygen atoms in total. The molecule has 0 bridgehead atoms. The van der Waals surface area contributed by atoms with Gasteiger partial charge in [-0.25, -0.2) is 8.78 Å². The molecule has 4 heteroatoms. The molecular formula is C17H17F2NO. The topological polar surface area (TPSA) is 21.3 Å². The van der Waals surface area contributed by atoms with Crippen LogP contribution in [0.15, 0.2) is 36.4 Å². The van der Waals surface area contributed by atoms with Crippen molar-refractivity contribution in [2.45, 2.75) is 25.4 Å². The Labute approximate surface area is 122 Å². The fourth-order valence-corrected chi connectivity index (χ4v) is 2.28. The van der Waals surface area contributed by atoms with Crippen LogP contribution >= 0.6 is 0 Å². The van der Waals surface area contributed by atoms with Gasteiger partial charge in [-0.15, -0.1) is 0 Å². The molecular weight excluding hydrogens is 272 g/mol. The molecule has 0 radical (unpaired) electrons. The molecule has 0 amide bonds. The third-order valence-electron chi connectivity index (χ3n) is 3.69. The van der Waals surface area contributed by atoms with E-state index in [1.54, 1.807) is 24.3 Å². The van der Waals surface area contributed by atoms with Gasteiger partial charge in [0.2, 0.25) is 0 Å². The number of halogens is 2. The maximum atomic E-state index is 14.1. The minimum absolute atomic E-state index is 0.263. The minimum Gasteiger partial charge on any atom is -0.497 e. The first-order chi connectivity index (χ1) is 10.2. The van der Waals surface area contributed by atoms with Gasteiger partial charge in [-0.3, -0.25) is 0 Å². The Kier molecular flexibility index (Phi) is 3.88. The van der Waals surface area contributed by atoms with Crippen LogP contribution in [0.2, 0.25) is 0 Å². The lowest BCUT2D eigenvalue weighted by Crippen LogP contribution is -2.16. The highest BCUT2D eigenvalue weighted by molar-refractivity contribution is 5.65. The number of nitrogens with one attached hydrogen (secondary N) is 1. The van der Waals surface area contributed by atoms with Crippen molar-refractivity contribution in [1.29, 1.82) is 0 Å². The standard InChI is InChI=1S/C17H17F2NO/c1-21-14-5-6-15(17(19)9-14)11-2-7-16(18)12(8-11)10-20-13-3-4-13/h2,5-9,13,20H,3-4,10H2,1H3. The van der Waals surface area contributed by atoms with Crippen LogP contribution in [0.5, 0.6) is 5.75 Å². The zero-order valence-electron chi connectivity index (χ0n) is 11.8. The van der Waals surface area contributed by atoms with Crippen molar-refractivity contribution in [2.75, 3.05) is 7.11 Å². The lowest BCUT2D eigenvalue weighted by atomic mass is 10.0. The van der Waals surface area contributed by atoms with E-state index in [0.29, 0.717) is 35.0 Å². The van der Waals surface area contributed by atoms with Gasteiger partial charge < -0.3 is 10.1 Å². The van der Waals surface area contributed by atoms with Gasteiger partial charge in [0.25, 0.3) is 0 Å². The van der Waals surface area contributed by atoms with Gasteiger partial charge in [0.05, 0.1) is 7.11 Å². The summed E-state index contributed by atoms with van der Waals surface area (Å²) in [6.07, 6.45) is 2.29. The average molecular weight is 289 g/mol. The molecule has 110 valence electrons. The summed E-state index contributed by atoms with van der Waals surface area (Å²) in [5.41, 5.74) is 1.68. The van der Waals surface area contributed by atoms with Crippen molar-refractivity contribution >= 4 is 0 Å². The molecule has 3 rings (SSSR count). The summed E-state index contributed by atoms with van der Waals surface area (Å²) in [7, 11) is 1.49. The fourth-order valence-electron chi connectivity index (χ4n) is 2.28. The molecule has 0 spiro atoms. The van der Waals surface area contributed by atoms with E-state index in [0.717, 1.165) is 12.8 Å².